The maximum absolute atomic E-state index is 12.5. The molecule has 0 aliphatic carbocycles. The number of ether oxygens (including phenoxy) is 2. The number of aromatic nitrogens is 2. The number of rotatable bonds is 8. The highest BCUT2D eigenvalue weighted by Gasteiger charge is 2.18. The highest BCUT2D eigenvalue weighted by Crippen LogP contribution is 2.32. The summed E-state index contributed by atoms with van der Waals surface area (Å²) in [4.78, 5) is 12.5. The van der Waals surface area contributed by atoms with Crippen molar-refractivity contribution in [2.45, 2.75) is 16.5 Å². The summed E-state index contributed by atoms with van der Waals surface area (Å²) in [6.45, 7) is 1.83. The van der Waals surface area contributed by atoms with Gasteiger partial charge in [0, 0.05) is 11.8 Å². The Bertz CT molecular complexity index is 948. The minimum absolute atomic E-state index is 0.132. The zero-order chi connectivity index (χ0) is 19.9. The van der Waals surface area contributed by atoms with E-state index in [9.17, 15) is 4.79 Å². The molecule has 1 aromatic heterocycles. The van der Waals surface area contributed by atoms with Crippen LogP contribution in [0.3, 0.4) is 0 Å². The van der Waals surface area contributed by atoms with Crippen LogP contribution < -0.4 is 20.1 Å². The molecule has 0 radical (unpaired) electrons. The highest BCUT2D eigenvalue weighted by atomic mass is 32.2. The summed E-state index contributed by atoms with van der Waals surface area (Å²) in [6, 6.07) is 14.8. The van der Waals surface area contributed by atoms with Gasteiger partial charge in [-0.25, -0.2) is 0 Å². The molecular formula is C19H20N4O3S2. The number of hydrogen-bond acceptors (Lipinski definition) is 8. The summed E-state index contributed by atoms with van der Waals surface area (Å²) < 4.78 is 11.2. The van der Waals surface area contributed by atoms with Crippen LogP contribution in [0.2, 0.25) is 0 Å². The molecule has 0 aliphatic rings. The summed E-state index contributed by atoms with van der Waals surface area (Å²) in [6.07, 6.45) is 0. The molecule has 2 N–H and O–H groups in total. The zero-order valence-corrected chi connectivity index (χ0v) is 17.3. The van der Waals surface area contributed by atoms with Gasteiger partial charge in [0.2, 0.25) is 11.0 Å². The third-order valence-corrected chi connectivity index (χ3v) is 5.76. The van der Waals surface area contributed by atoms with Crippen LogP contribution in [0.25, 0.3) is 0 Å². The van der Waals surface area contributed by atoms with Crippen molar-refractivity contribution in [3.63, 3.8) is 0 Å². The van der Waals surface area contributed by atoms with Gasteiger partial charge in [0.25, 0.3) is 0 Å². The maximum Gasteiger partial charge on any atom is 0.237 e. The Morgan fingerprint density at radius 2 is 1.93 bits per heavy atom. The van der Waals surface area contributed by atoms with Crippen molar-refractivity contribution in [2.24, 2.45) is 0 Å². The fourth-order valence-corrected chi connectivity index (χ4v) is 4.24. The molecule has 0 fully saturated rings. The van der Waals surface area contributed by atoms with Crippen LogP contribution in [-0.4, -0.2) is 35.6 Å². The Balaban J connectivity index is 1.60. The van der Waals surface area contributed by atoms with Gasteiger partial charge in [-0.15, -0.1) is 10.2 Å². The summed E-state index contributed by atoms with van der Waals surface area (Å²) in [5, 5.41) is 14.7. The second-order valence-electron chi connectivity index (χ2n) is 5.68. The minimum Gasteiger partial charge on any atom is -0.497 e. The summed E-state index contributed by atoms with van der Waals surface area (Å²) >= 11 is 2.74. The van der Waals surface area contributed by atoms with Crippen molar-refractivity contribution in [1.29, 1.82) is 0 Å². The number of carbonyl (C=O) groups is 1. The van der Waals surface area contributed by atoms with E-state index < -0.39 is 0 Å². The van der Waals surface area contributed by atoms with Crippen LogP contribution in [0.4, 0.5) is 16.5 Å². The number of nitrogens with zero attached hydrogens (tertiary/aromatic N) is 2. The lowest BCUT2D eigenvalue weighted by molar-refractivity contribution is -0.115. The lowest BCUT2D eigenvalue weighted by Gasteiger charge is -2.12. The normalized spacial score (nSPS) is 11.5. The van der Waals surface area contributed by atoms with E-state index in [1.165, 1.54) is 23.1 Å². The van der Waals surface area contributed by atoms with Gasteiger partial charge in [0.15, 0.2) is 4.34 Å². The second kappa shape index (κ2) is 9.43. The molecule has 0 saturated carbocycles. The van der Waals surface area contributed by atoms with E-state index in [0.29, 0.717) is 20.9 Å². The number of hydrogen-bond donors (Lipinski definition) is 2. The fourth-order valence-electron chi connectivity index (χ4n) is 2.32. The predicted molar refractivity (Wildman–Crippen MR) is 113 cm³/mol. The molecule has 1 heterocycles. The largest absolute Gasteiger partial charge is 0.497 e. The van der Waals surface area contributed by atoms with Gasteiger partial charge in [-0.3, -0.25) is 4.79 Å². The summed E-state index contributed by atoms with van der Waals surface area (Å²) in [5.74, 6) is 1.24. The number of amides is 1. The first-order valence-corrected chi connectivity index (χ1v) is 10.1. The third kappa shape index (κ3) is 5.14. The molecule has 1 unspecified atom stereocenters. The predicted octanol–water partition coefficient (Wildman–Crippen LogP) is 4.42. The van der Waals surface area contributed by atoms with Gasteiger partial charge < -0.3 is 20.1 Å². The molecule has 3 aromatic rings. The van der Waals surface area contributed by atoms with Gasteiger partial charge >= 0.3 is 0 Å². The Labute approximate surface area is 171 Å². The first kappa shape index (κ1) is 20.0. The molecule has 2 aromatic carbocycles. The van der Waals surface area contributed by atoms with E-state index in [4.69, 9.17) is 9.47 Å². The number of methoxy groups -OCH3 is 2. The number of benzene rings is 2. The number of carbonyl (C=O) groups excluding carboxylic acids is 1. The van der Waals surface area contributed by atoms with E-state index in [1.54, 1.807) is 26.4 Å². The molecule has 7 nitrogen and oxygen atoms in total. The molecule has 28 heavy (non-hydrogen) atoms. The van der Waals surface area contributed by atoms with E-state index in [-0.39, 0.29) is 11.2 Å². The van der Waals surface area contributed by atoms with Crippen LogP contribution in [-0.2, 0) is 4.79 Å². The van der Waals surface area contributed by atoms with Crippen LogP contribution in [0.1, 0.15) is 6.92 Å². The molecule has 0 spiro atoms. The first-order valence-electron chi connectivity index (χ1n) is 8.44. The number of thioether (sulfide) groups is 1. The molecule has 0 aliphatic heterocycles. The molecular weight excluding hydrogens is 396 g/mol. The SMILES string of the molecule is COc1cccc(Nc2nnc(SC(C)C(=O)Nc3ccccc3OC)s2)c1. The van der Waals surface area contributed by atoms with Crippen molar-refractivity contribution in [1.82, 2.24) is 10.2 Å². The minimum atomic E-state index is -0.345. The van der Waals surface area contributed by atoms with Gasteiger partial charge in [-0.1, -0.05) is 41.3 Å². The molecule has 1 atom stereocenters. The Kier molecular flexibility index (Phi) is 6.72. The fraction of sp³-hybridized carbons (Fsp3) is 0.211. The van der Waals surface area contributed by atoms with Gasteiger partial charge in [-0.2, -0.15) is 0 Å². The molecule has 0 saturated heterocycles. The smallest absolute Gasteiger partial charge is 0.237 e. The van der Waals surface area contributed by atoms with E-state index in [1.807, 2.05) is 43.3 Å². The number of para-hydroxylation sites is 2. The van der Waals surface area contributed by atoms with Crippen LogP contribution in [0, 0.1) is 0 Å². The van der Waals surface area contributed by atoms with Crippen molar-refractivity contribution in [3.8, 4) is 11.5 Å². The molecule has 3 rings (SSSR count). The van der Waals surface area contributed by atoms with E-state index in [0.717, 1.165) is 11.4 Å². The van der Waals surface area contributed by atoms with Crippen molar-refractivity contribution in [2.75, 3.05) is 24.9 Å². The lowest BCUT2D eigenvalue weighted by atomic mass is 10.3. The van der Waals surface area contributed by atoms with Crippen molar-refractivity contribution < 1.29 is 14.3 Å². The molecule has 0 bridgehead atoms. The quantitative estimate of drug-likeness (QED) is 0.526. The third-order valence-electron chi connectivity index (χ3n) is 3.74. The average Bonchev–Trinajstić information content (AvgIpc) is 3.15. The summed E-state index contributed by atoms with van der Waals surface area (Å²) in [7, 11) is 3.19. The Morgan fingerprint density at radius 3 is 2.71 bits per heavy atom. The zero-order valence-electron chi connectivity index (χ0n) is 15.6. The first-order chi connectivity index (χ1) is 13.6. The van der Waals surface area contributed by atoms with Crippen molar-refractivity contribution >= 4 is 45.5 Å². The molecule has 1 amide bonds. The van der Waals surface area contributed by atoms with Crippen molar-refractivity contribution in [3.05, 3.63) is 48.5 Å². The maximum atomic E-state index is 12.5. The Morgan fingerprint density at radius 1 is 1.11 bits per heavy atom. The Hall–Kier alpha value is -2.78. The van der Waals surface area contributed by atoms with Gasteiger partial charge in [-0.05, 0) is 31.2 Å². The van der Waals surface area contributed by atoms with Gasteiger partial charge in [0.1, 0.15) is 11.5 Å². The van der Waals surface area contributed by atoms with Crippen LogP contribution in [0.5, 0.6) is 11.5 Å². The van der Waals surface area contributed by atoms with Gasteiger partial charge in [0.05, 0.1) is 25.2 Å². The monoisotopic (exact) mass is 416 g/mol. The van der Waals surface area contributed by atoms with Crippen LogP contribution >= 0.6 is 23.1 Å². The molecule has 9 heteroatoms. The molecule has 146 valence electrons. The van der Waals surface area contributed by atoms with Crippen LogP contribution in [0.15, 0.2) is 52.9 Å². The topological polar surface area (TPSA) is 85.4 Å². The standard InChI is InChI=1S/C19H20N4O3S2/c1-12(17(24)21-15-9-4-5-10-16(15)26-3)27-19-23-22-18(28-19)20-13-7-6-8-14(11-13)25-2/h4-12H,1-3H3,(H,20,22)(H,21,24). The second-order valence-corrected chi connectivity index (χ2v) is 8.25. The number of anilines is 3. The number of nitrogens with one attached hydrogen (secondary N) is 2. The highest BCUT2D eigenvalue weighted by molar-refractivity contribution is 8.02. The van der Waals surface area contributed by atoms with E-state index in [2.05, 4.69) is 20.8 Å². The lowest BCUT2D eigenvalue weighted by Crippen LogP contribution is -2.22. The summed E-state index contributed by atoms with van der Waals surface area (Å²) in [5.41, 5.74) is 1.49. The average molecular weight is 417 g/mol. The van der Waals surface area contributed by atoms with E-state index >= 15 is 0 Å².